The molecule has 0 saturated heterocycles. The second kappa shape index (κ2) is 14.9. The van der Waals surface area contributed by atoms with Crippen molar-refractivity contribution in [2.24, 2.45) is 0 Å². The van der Waals surface area contributed by atoms with Crippen molar-refractivity contribution in [1.82, 2.24) is 9.14 Å². The van der Waals surface area contributed by atoms with Crippen molar-refractivity contribution in [2.75, 3.05) is 11.4 Å². The highest BCUT2D eigenvalue weighted by atomic mass is 127. The number of para-hydroxylation sites is 2. The molecule has 8 aromatic rings. The Morgan fingerprint density at radius 1 is 0.547 bits per heavy atom. The van der Waals surface area contributed by atoms with Crippen LogP contribution in [0.15, 0.2) is 170 Å². The summed E-state index contributed by atoms with van der Waals surface area (Å²) in [7, 11) is 0. The van der Waals surface area contributed by atoms with Crippen molar-refractivity contribution in [3.63, 3.8) is 0 Å². The van der Waals surface area contributed by atoms with Crippen LogP contribution >= 0.6 is 0 Å². The minimum absolute atomic E-state index is 0. The van der Waals surface area contributed by atoms with Gasteiger partial charge in [0.1, 0.15) is 6.54 Å². The van der Waals surface area contributed by atoms with Crippen LogP contribution in [0, 0.1) is 0 Å². The van der Waals surface area contributed by atoms with E-state index in [2.05, 4.69) is 198 Å². The topological polar surface area (TPSA) is 11.2 Å². The van der Waals surface area contributed by atoms with E-state index in [0.717, 1.165) is 26.2 Å². The number of fused-ring (bicyclic) bond motifs is 6. The van der Waals surface area contributed by atoms with Gasteiger partial charge in [0.2, 0.25) is 11.0 Å². The number of aryl methyl sites for hydroxylation is 1. The SMILES string of the molecule is CCn1c2ccccc2c2cc(C(c3ccc(N(Cc4ccccc4)Cc4ccccc4)cc3)=c3ccc4c(c3)-c3ccccc3[N+]=4CC)ccc21.[I-]. The van der Waals surface area contributed by atoms with Crippen LogP contribution in [-0.2, 0) is 19.6 Å². The third-order valence-electron chi connectivity index (χ3n) is 10.7. The van der Waals surface area contributed by atoms with Crippen LogP contribution in [0.25, 0.3) is 38.5 Å². The van der Waals surface area contributed by atoms with E-state index in [9.17, 15) is 0 Å². The van der Waals surface area contributed by atoms with Crippen LogP contribution in [0.1, 0.15) is 36.1 Å². The van der Waals surface area contributed by atoms with Crippen LogP contribution in [0.2, 0.25) is 0 Å². The van der Waals surface area contributed by atoms with Crippen LogP contribution in [0.3, 0.4) is 0 Å². The van der Waals surface area contributed by atoms with Crippen molar-refractivity contribution >= 4 is 38.8 Å². The Bertz CT molecular complexity index is 2650. The summed E-state index contributed by atoms with van der Waals surface area (Å²) in [4.78, 5) is 2.48. The lowest BCUT2D eigenvalue weighted by Crippen LogP contribution is -3.00. The zero-order valence-corrected chi connectivity index (χ0v) is 32.4. The molecule has 3 nitrogen and oxygen atoms in total. The first-order valence-electron chi connectivity index (χ1n) is 18.5. The molecule has 53 heavy (non-hydrogen) atoms. The van der Waals surface area contributed by atoms with Gasteiger partial charge in [-0.25, -0.2) is 0 Å². The summed E-state index contributed by atoms with van der Waals surface area (Å²) in [5.74, 6) is 0. The Morgan fingerprint density at radius 3 is 1.87 bits per heavy atom. The zero-order valence-electron chi connectivity index (χ0n) is 30.2. The van der Waals surface area contributed by atoms with Crippen LogP contribution in [-0.4, -0.2) is 11.1 Å². The molecule has 0 unspecified atom stereocenters. The van der Waals surface area contributed by atoms with E-state index in [4.69, 9.17) is 0 Å². The van der Waals surface area contributed by atoms with Crippen molar-refractivity contribution in [2.45, 2.75) is 33.5 Å². The Balaban J connectivity index is 0.00000400. The maximum absolute atomic E-state index is 2.48. The van der Waals surface area contributed by atoms with Gasteiger partial charge in [-0.05, 0) is 95.4 Å². The third kappa shape index (κ3) is 6.35. The number of hydrogen-bond acceptors (Lipinski definition) is 1. The van der Waals surface area contributed by atoms with Crippen LogP contribution in [0.4, 0.5) is 11.4 Å². The van der Waals surface area contributed by atoms with E-state index >= 15 is 0 Å². The van der Waals surface area contributed by atoms with Crippen molar-refractivity contribution in [1.29, 1.82) is 0 Å². The summed E-state index contributed by atoms with van der Waals surface area (Å²) in [5, 5.41) is 5.10. The highest BCUT2D eigenvalue weighted by Crippen LogP contribution is 2.34. The summed E-state index contributed by atoms with van der Waals surface area (Å²) >= 11 is 0. The largest absolute Gasteiger partial charge is 1.00 e. The first-order chi connectivity index (χ1) is 25.7. The van der Waals surface area contributed by atoms with Gasteiger partial charge in [0.25, 0.3) is 0 Å². The van der Waals surface area contributed by atoms with Gasteiger partial charge in [-0.3, -0.25) is 0 Å². The van der Waals surface area contributed by atoms with Gasteiger partial charge in [0, 0.05) is 59.3 Å². The average Bonchev–Trinajstić information content (AvgIpc) is 3.70. The molecule has 2 heterocycles. The second-order valence-corrected chi connectivity index (χ2v) is 13.7. The van der Waals surface area contributed by atoms with E-state index < -0.39 is 0 Å². The smallest absolute Gasteiger partial charge is 0.213 e. The second-order valence-electron chi connectivity index (χ2n) is 13.7. The number of aromatic nitrogens is 1. The Hall–Kier alpha value is -5.46. The van der Waals surface area contributed by atoms with Gasteiger partial charge in [-0.15, -0.1) is 0 Å². The molecule has 0 amide bonds. The molecule has 0 atom stereocenters. The molecule has 1 aliphatic heterocycles. The summed E-state index contributed by atoms with van der Waals surface area (Å²) in [5.41, 5.74) is 13.9. The quantitative estimate of drug-likeness (QED) is 0.112. The Morgan fingerprint density at radius 2 is 1.17 bits per heavy atom. The van der Waals surface area contributed by atoms with E-state index in [1.807, 2.05) is 0 Å². The monoisotopic (exact) mass is 799 g/mol. The predicted octanol–water partition coefficient (Wildman–Crippen LogP) is 7.10. The minimum Gasteiger partial charge on any atom is -1.00 e. The molecule has 260 valence electrons. The van der Waals surface area contributed by atoms with Gasteiger partial charge in [-0.1, -0.05) is 109 Å². The Labute approximate surface area is 328 Å². The molecular formula is C49H42IN3. The predicted molar refractivity (Wildman–Crippen MR) is 219 cm³/mol. The molecule has 7 aromatic carbocycles. The molecule has 0 spiro atoms. The zero-order chi connectivity index (χ0) is 35.0. The molecular weight excluding hydrogens is 757 g/mol. The summed E-state index contributed by atoms with van der Waals surface area (Å²) < 4.78 is 4.87. The standard InChI is InChI=1S/C49H42N3.HI/c1-3-51-45-21-13-11-19-41(45)43-31-38(25-29-47(43)51)49(39-26-30-48-44(32-39)42-20-12-14-22-46(42)52(48)4-2)37-23-27-40(28-24-37)50(33-35-15-7-5-8-16-35)34-36-17-9-6-10-18-36;/h5-32H,3-4,33-34H2,1-2H3;1H/q+1;/p-1. The van der Waals surface area contributed by atoms with E-state index in [1.165, 1.54) is 82.7 Å². The fraction of sp³-hybridized carbons (Fsp3) is 0.122. The highest BCUT2D eigenvalue weighted by Gasteiger charge is 2.26. The summed E-state index contributed by atoms with van der Waals surface area (Å²) in [6.07, 6.45) is 0. The van der Waals surface area contributed by atoms with E-state index in [1.54, 1.807) is 0 Å². The first kappa shape index (κ1) is 34.6. The minimum atomic E-state index is 0. The maximum atomic E-state index is 2.48. The van der Waals surface area contributed by atoms with Gasteiger partial charge < -0.3 is 33.4 Å². The third-order valence-corrected chi connectivity index (χ3v) is 10.7. The summed E-state index contributed by atoms with van der Waals surface area (Å²) in [6.45, 7) is 8.01. The maximum Gasteiger partial charge on any atom is 0.213 e. The molecule has 4 heteroatoms. The highest BCUT2D eigenvalue weighted by molar-refractivity contribution is 6.09. The number of benzene rings is 7. The normalized spacial score (nSPS) is 12.4. The lowest BCUT2D eigenvalue weighted by Gasteiger charge is -2.26. The van der Waals surface area contributed by atoms with Crippen molar-refractivity contribution in [3.05, 3.63) is 203 Å². The molecule has 0 radical (unpaired) electrons. The lowest BCUT2D eigenvalue weighted by atomic mass is 9.92. The molecule has 1 aliphatic rings. The summed E-state index contributed by atoms with van der Waals surface area (Å²) in [6, 6.07) is 62.6. The average molecular weight is 800 g/mol. The van der Waals surface area contributed by atoms with Gasteiger partial charge >= 0.3 is 0 Å². The molecule has 0 N–H and O–H groups in total. The fourth-order valence-electron chi connectivity index (χ4n) is 8.28. The lowest BCUT2D eigenvalue weighted by molar-refractivity contribution is -0.0000101. The molecule has 0 bridgehead atoms. The molecule has 9 rings (SSSR count). The van der Waals surface area contributed by atoms with Gasteiger partial charge in [-0.2, -0.15) is 4.58 Å². The number of nitrogens with zero attached hydrogens (tertiary/aromatic N) is 3. The van der Waals surface area contributed by atoms with E-state index in [-0.39, 0.29) is 24.0 Å². The van der Waals surface area contributed by atoms with Crippen molar-refractivity contribution < 1.29 is 24.0 Å². The molecule has 0 aliphatic carbocycles. The number of halogens is 1. The number of rotatable bonds is 9. The van der Waals surface area contributed by atoms with E-state index in [0.29, 0.717) is 0 Å². The molecule has 1 aromatic heterocycles. The first-order valence-corrected chi connectivity index (χ1v) is 18.5. The van der Waals surface area contributed by atoms with Gasteiger partial charge in [0.15, 0.2) is 0 Å². The number of anilines is 1. The van der Waals surface area contributed by atoms with Crippen LogP contribution in [0.5, 0.6) is 0 Å². The van der Waals surface area contributed by atoms with Gasteiger partial charge in [0.05, 0.1) is 11.1 Å². The molecule has 0 fully saturated rings. The van der Waals surface area contributed by atoms with Crippen LogP contribution < -0.4 is 44.0 Å². The fourth-order valence-corrected chi connectivity index (χ4v) is 8.28. The van der Waals surface area contributed by atoms with Crippen molar-refractivity contribution in [3.8, 4) is 11.1 Å². The molecule has 0 saturated carbocycles. The number of hydrogen-bond donors (Lipinski definition) is 0. The Kier molecular flexibility index (Phi) is 9.72.